The quantitative estimate of drug-likeness (QED) is 0.912. The van der Waals surface area contributed by atoms with Crippen LogP contribution in [-0.4, -0.2) is 62.6 Å². The van der Waals surface area contributed by atoms with Crippen molar-refractivity contribution in [3.05, 3.63) is 23.5 Å². The second-order valence-corrected chi connectivity index (χ2v) is 6.84. The van der Waals surface area contributed by atoms with Crippen molar-refractivity contribution in [2.75, 3.05) is 26.2 Å². The third-order valence-corrected chi connectivity index (χ3v) is 4.96. The van der Waals surface area contributed by atoms with Gasteiger partial charge in [0, 0.05) is 56.5 Å². The Kier molecular flexibility index (Phi) is 4.59. The van der Waals surface area contributed by atoms with Crippen molar-refractivity contribution in [2.24, 2.45) is 0 Å². The molecule has 1 aliphatic heterocycles. The van der Waals surface area contributed by atoms with Crippen LogP contribution in [0.25, 0.3) is 4.96 Å². The van der Waals surface area contributed by atoms with Gasteiger partial charge in [-0.25, -0.2) is 4.98 Å². The van der Waals surface area contributed by atoms with E-state index in [2.05, 4.69) is 43.9 Å². The van der Waals surface area contributed by atoms with Crippen LogP contribution in [0, 0.1) is 0 Å². The van der Waals surface area contributed by atoms with Gasteiger partial charge in [0.1, 0.15) is 0 Å². The van der Waals surface area contributed by atoms with Crippen molar-refractivity contribution in [2.45, 2.75) is 39.0 Å². The zero-order chi connectivity index (χ0) is 14.8. The molecule has 1 N–H and O–H groups in total. The van der Waals surface area contributed by atoms with Gasteiger partial charge in [-0.05, 0) is 13.3 Å². The summed E-state index contributed by atoms with van der Waals surface area (Å²) in [6.07, 6.45) is 5.08. The van der Waals surface area contributed by atoms with Gasteiger partial charge in [-0.3, -0.25) is 14.2 Å². The monoisotopic (exact) mass is 308 g/mol. The van der Waals surface area contributed by atoms with Crippen LogP contribution in [0.15, 0.2) is 17.8 Å². The highest BCUT2D eigenvalue weighted by atomic mass is 32.1. The smallest absolute Gasteiger partial charge is 0.193 e. The van der Waals surface area contributed by atoms with E-state index in [1.54, 1.807) is 11.3 Å². The molecule has 1 saturated heterocycles. The molecule has 0 bridgehead atoms. The van der Waals surface area contributed by atoms with Gasteiger partial charge in [-0.15, -0.1) is 11.3 Å². The van der Waals surface area contributed by atoms with Crippen LogP contribution in [0.1, 0.15) is 26.0 Å². The molecule has 0 aromatic carbocycles. The molecule has 0 radical (unpaired) electrons. The highest BCUT2D eigenvalue weighted by Crippen LogP contribution is 2.17. The molecule has 21 heavy (non-hydrogen) atoms. The predicted octanol–water partition coefficient (Wildman–Crippen LogP) is 1.67. The average molecular weight is 308 g/mol. The fraction of sp³-hybridized carbons (Fsp3) is 0.667. The van der Waals surface area contributed by atoms with Crippen molar-refractivity contribution >= 4 is 16.3 Å². The number of hydrogen-bond donors (Lipinski definition) is 1. The molecule has 2 aromatic rings. The Balaban J connectivity index is 1.61. The number of β-amino-alcohol motifs (C(OH)–C–C–N with tert-alkyl or cyclic N) is 1. The minimum atomic E-state index is -0.245. The van der Waals surface area contributed by atoms with Crippen molar-refractivity contribution in [1.82, 2.24) is 19.2 Å². The van der Waals surface area contributed by atoms with Gasteiger partial charge in [0.25, 0.3) is 0 Å². The maximum Gasteiger partial charge on any atom is 0.193 e. The highest BCUT2D eigenvalue weighted by molar-refractivity contribution is 7.15. The van der Waals surface area contributed by atoms with E-state index >= 15 is 0 Å². The molecule has 116 valence electrons. The highest BCUT2D eigenvalue weighted by Gasteiger charge is 2.26. The maximum atomic E-state index is 9.61. The van der Waals surface area contributed by atoms with Gasteiger partial charge in [0.15, 0.2) is 4.96 Å². The molecule has 3 heterocycles. The molecular weight excluding hydrogens is 284 g/mol. The second kappa shape index (κ2) is 6.44. The number of aliphatic hydroxyl groups is 1. The van der Waals surface area contributed by atoms with Gasteiger partial charge in [0.2, 0.25) is 0 Å². The Bertz CT molecular complexity index is 550. The summed E-state index contributed by atoms with van der Waals surface area (Å²) in [5.74, 6) is 0. The first kappa shape index (κ1) is 15.0. The molecule has 6 heteroatoms. The number of hydrogen-bond acceptors (Lipinski definition) is 5. The van der Waals surface area contributed by atoms with E-state index in [9.17, 15) is 5.11 Å². The minimum absolute atomic E-state index is 0.245. The lowest BCUT2D eigenvalue weighted by Crippen LogP contribution is -2.54. The van der Waals surface area contributed by atoms with E-state index in [-0.39, 0.29) is 6.10 Å². The maximum absolute atomic E-state index is 9.61. The fourth-order valence-corrected chi connectivity index (χ4v) is 3.87. The van der Waals surface area contributed by atoms with Gasteiger partial charge in [0.05, 0.1) is 11.8 Å². The molecule has 0 spiro atoms. The van der Waals surface area contributed by atoms with Gasteiger partial charge >= 0.3 is 0 Å². The Labute approximate surface area is 129 Å². The Morgan fingerprint density at radius 3 is 3.05 bits per heavy atom. The molecule has 0 unspecified atom stereocenters. The third-order valence-electron chi connectivity index (χ3n) is 4.19. The zero-order valence-electron chi connectivity index (χ0n) is 12.8. The number of thiazole rings is 1. The van der Waals surface area contributed by atoms with Crippen LogP contribution < -0.4 is 0 Å². The van der Waals surface area contributed by atoms with E-state index in [0.717, 1.165) is 49.8 Å². The normalized spacial score (nSPS) is 22.9. The Morgan fingerprint density at radius 2 is 2.33 bits per heavy atom. The first-order valence-corrected chi connectivity index (χ1v) is 8.59. The van der Waals surface area contributed by atoms with E-state index in [0.29, 0.717) is 6.04 Å². The average Bonchev–Trinajstić information content (AvgIpc) is 3.00. The summed E-state index contributed by atoms with van der Waals surface area (Å²) in [5.41, 5.74) is 1.15. The third kappa shape index (κ3) is 3.45. The summed E-state index contributed by atoms with van der Waals surface area (Å²) in [7, 11) is 0. The Hall–Kier alpha value is -0.950. The summed E-state index contributed by atoms with van der Waals surface area (Å²) in [6, 6.07) is 0.539. The predicted molar refractivity (Wildman–Crippen MR) is 85.7 cm³/mol. The van der Waals surface area contributed by atoms with Crippen molar-refractivity contribution in [3.63, 3.8) is 0 Å². The lowest BCUT2D eigenvalue weighted by atomic mass is 10.1. The van der Waals surface area contributed by atoms with Crippen LogP contribution in [0.4, 0.5) is 0 Å². The number of piperazine rings is 1. The lowest BCUT2D eigenvalue weighted by molar-refractivity contribution is 0.0334. The van der Waals surface area contributed by atoms with E-state index in [1.807, 2.05) is 6.92 Å². The zero-order valence-corrected chi connectivity index (χ0v) is 13.6. The molecule has 5 nitrogen and oxygen atoms in total. The Morgan fingerprint density at radius 1 is 1.48 bits per heavy atom. The van der Waals surface area contributed by atoms with Crippen molar-refractivity contribution in [3.8, 4) is 0 Å². The van der Waals surface area contributed by atoms with Gasteiger partial charge < -0.3 is 5.11 Å². The van der Waals surface area contributed by atoms with E-state index in [4.69, 9.17) is 0 Å². The SMILES string of the molecule is CC[C@H]1CN(Cc2cn3ccsc3n2)CCN1C[C@H](C)O. The number of aromatic nitrogens is 2. The van der Waals surface area contributed by atoms with Crippen molar-refractivity contribution < 1.29 is 5.11 Å². The molecule has 2 atom stereocenters. The summed E-state index contributed by atoms with van der Waals surface area (Å²) in [6.45, 7) is 8.96. The van der Waals surface area contributed by atoms with Crippen LogP contribution >= 0.6 is 11.3 Å². The number of imidazole rings is 1. The molecule has 0 aliphatic carbocycles. The van der Waals surface area contributed by atoms with E-state index < -0.39 is 0 Å². The van der Waals surface area contributed by atoms with Crippen LogP contribution in [0.3, 0.4) is 0 Å². The summed E-state index contributed by atoms with van der Waals surface area (Å²) < 4.78 is 2.10. The summed E-state index contributed by atoms with van der Waals surface area (Å²) >= 11 is 1.68. The molecule has 0 amide bonds. The number of nitrogens with zero attached hydrogens (tertiary/aromatic N) is 4. The second-order valence-electron chi connectivity index (χ2n) is 5.97. The number of rotatable bonds is 5. The molecule has 1 fully saturated rings. The lowest BCUT2D eigenvalue weighted by Gasteiger charge is -2.41. The van der Waals surface area contributed by atoms with Crippen LogP contribution in [0.2, 0.25) is 0 Å². The molecule has 0 saturated carbocycles. The first-order valence-electron chi connectivity index (χ1n) is 7.71. The molecule has 3 rings (SSSR count). The molecule has 1 aliphatic rings. The number of aliphatic hydroxyl groups excluding tert-OH is 1. The van der Waals surface area contributed by atoms with Crippen LogP contribution in [-0.2, 0) is 6.54 Å². The largest absolute Gasteiger partial charge is 0.392 e. The topological polar surface area (TPSA) is 44.0 Å². The fourth-order valence-electron chi connectivity index (χ4n) is 3.15. The van der Waals surface area contributed by atoms with Crippen LogP contribution in [0.5, 0.6) is 0 Å². The van der Waals surface area contributed by atoms with E-state index in [1.165, 1.54) is 0 Å². The number of fused-ring (bicyclic) bond motifs is 1. The summed E-state index contributed by atoms with van der Waals surface area (Å²) in [4.78, 5) is 10.7. The standard InChI is InChI=1S/C15H24N4OS/c1-3-14-11-17(4-5-18(14)8-12(2)20)9-13-10-19-6-7-21-15(19)16-13/h6-7,10,12,14,20H,3-5,8-9,11H2,1-2H3/t12-,14-/m0/s1. The summed E-state index contributed by atoms with van der Waals surface area (Å²) in [5, 5.41) is 11.7. The van der Waals surface area contributed by atoms with Gasteiger partial charge in [-0.2, -0.15) is 0 Å². The van der Waals surface area contributed by atoms with Gasteiger partial charge in [-0.1, -0.05) is 6.92 Å². The first-order chi connectivity index (χ1) is 10.2. The minimum Gasteiger partial charge on any atom is -0.392 e. The molecule has 2 aromatic heterocycles. The van der Waals surface area contributed by atoms with Crippen molar-refractivity contribution in [1.29, 1.82) is 0 Å². The molecular formula is C15H24N4OS.